The second kappa shape index (κ2) is 7.75. The fourth-order valence-electron chi connectivity index (χ4n) is 2.35. The van der Waals surface area contributed by atoms with Crippen LogP contribution in [0.3, 0.4) is 0 Å². The lowest BCUT2D eigenvalue weighted by Gasteiger charge is -2.14. The second-order valence-corrected chi connectivity index (χ2v) is 6.14. The molecule has 5 nitrogen and oxygen atoms in total. The third-order valence-electron chi connectivity index (χ3n) is 4.01. The van der Waals surface area contributed by atoms with Crippen LogP contribution in [0.5, 0.6) is 0 Å². The SMILES string of the molecule is CC[C@H](C)Nc1nc(Nc2ccc(C)cc2)cc(-c2ccncc2)n1. The Hall–Kier alpha value is -2.95. The van der Waals surface area contributed by atoms with Gasteiger partial charge in [0.2, 0.25) is 5.95 Å². The van der Waals surface area contributed by atoms with Crippen LogP contribution in [0, 0.1) is 6.92 Å². The molecular formula is C20H23N5. The van der Waals surface area contributed by atoms with Crippen molar-refractivity contribution in [3.8, 4) is 11.3 Å². The van der Waals surface area contributed by atoms with Crippen molar-refractivity contribution >= 4 is 17.5 Å². The van der Waals surface area contributed by atoms with Gasteiger partial charge in [-0.1, -0.05) is 24.6 Å². The van der Waals surface area contributed by atoms with Gasteiger partial charge in [-0.2, -0.15) is 4.98 Å². The molecule has 2 heterocycles. The largest absolute Gasteiger partial charge is 0.352 e. The van der Waals surface area contributed by atoms with E-state index >= 15 is 0 Å². The summed E-state index contributed by atoms with van der Waals surface area (Å²) < 4.78 is 0. The number of anilines is 3. The maximum Gasteiger partial charge on any atom is 0.225 e. The Balaban J connectivity index is 1.95. The van der Waals surface area contributed by atoms with Gasteiger partial charge in [0, 0.05) is 35.8 Å². The van der Waals surface area contributed by atoms with Crippen molar-refractivity contribution in [2.75, 3.05) is 10.6 Å². The Morgan fingerprint density at radius 2 is 1.72 bits per heavy atom. The van der Waals surface area contributed by atoms with Crippen LogP contribution in [0.4, 0.5) is 17.5 Å². The molecule has 0 amide bonds. The maximum atomic E-state index is 4.66. The Bertz CT molecular complexity index is 815. The van der Waals surface area contributed by atoms with E-state index in [0.717, 1.165) is 29.2 Å². The van der Waals surface area contributed by atoms with Crippen molar-refractivity contribution in [1.29, 1.82) is 0 Å². The summed E-state index contributed by atoms with van der Waals surface area (Å²) in [6.45, 7) is 6.33. The fourth-order valence-corrected chi connectivity index (χ4v) is 2.35. The number of nitrogens with zero attached hydrogens (tertiary/aromatic N) is 3. The monoisotopic (exact) mass is 333 g/mol. The molecular weight excluding hydrogens is 310 g/mol. The summed E-state index contributed by atoms with van der Waals surface area (Å²) in [4.78, 5) is 13.4. The number of aromatic nitrogens is 3. The molecule has 0 bridgehead atoms. The van der Waals surface area contributed by atoms with Crippen molar-refractivity contribution in [3.05, 3.63) is 60.4 Å². The first-order chi connectivity index (χ1) is 12.1. The Morgan fingerprint density at radius 3 is 2.40 bits per heavy atom. The van der Waals surface area contributed by atoms with Gasteiger partial charge in [-0.25, -0.2) is 4.98 Å². The van der Waals surface area contributed by atoms with Crippen molar-refractivity contribution < 1.29 is 0 Å². The average molecular weight is 333 g/mol. The Labute approximate surface area is 148 Å². The van der Waals surface area contributed by atoms with E-state index in [0.29, 0.717) is 12.0 Å². The summed E-state index contributed by atoms with van der Waals surface area (Å²) in [6, 6.07) is 14.4. The highest BCUT2D eigenvalue weighted by molar-refractivity contribution is 5.67. The van der Waals surface area contributed by atoms with Crippen LogP contribution in [0.2, 0.25) is 0 Å². The molecule has 5 heteroatoms. The lowest BCUT2D eigenvalue weighted by molar-refractivity contribution is 0.753. The molecule has 0 saturated heterocycles. The molecule has 0 radical (unpaired) electrons. The van der Waals surface area contributed by atoms with Gasteiger partial charge in [0.05, 0.1) is 5.69 Å². The molecule has 1 atom stereocenters. The van der Waals surface area contributed by atoms with Crippen molar-refractivity contribution in [2.24, 2.45) is 0 Å². The van der Waals surface area contributed by atoms with Crippen LogP contribution < -0.4 is 10.6 Å². The lowest BCUT2D eigenvalue weighted by Crippen LogP contribution is -2.16. The number of nitrogens with one attached hydrogen (secondary N) is 2. The number of rotatable bonds is 6. The molecule has 3 aromatic rings. The van der Waals surface area contributed by atoms with Gasteiger partial charge in [-0.05, 0) is 44.5 Å². The van der Waals surface area contributed by atoms with Gasteiger partial charge >= 0.3 is 0 Å². The predicted octanol–water partition coefficient (Wildman–Crippen LogP) is 4.80. The van der Waals surface area contributed by atoms with E-state index in [1.807, 2.05) is 30.3 Å². The van der Waals surface area contributed by atoms with E-state index < -0.39 is 0 Å². The van der Waals surface area contributed by atoms with Gasteiger partial charge in [-0.3, -0.25) is 4.98 Å². The van der Waals surface area contributed by atoms with Gasteiger partial charge in [0.15, 0.2) is 0 Å². The normalized spacial score (nSPS) is 11.8. The summed E-state index contributed by atoms with van der Waals surface area (Å²) >= 11 is 0. The first-order valence-corrected chi connectivity index (χ1v) is 8.53. The summed E-state index contributed by atoms with van der Waals surface area (Å²) in [6.07, 6.45) is 4.54. The molecule has 0 aliphatic carbocycles. The van der Waals surface area contributed by atoms with Crippen LogP contribution in [-0.2, 0) is 0 Å². The molecule has 3 rings (SSSR count). The van der Waals surface area contributed by atoms with E-state index in [1.54, 1.807) is 12.4 Å². The average Bonchev–Trinajstić information content (AvgIpc) is 2.64. The van der Waals surface area contributed by atoms with Gasteiger partial charge in [-0.15, -0.1) is 0 Å². The number of hydrogen-bond acceptors (Lipinski definition) is 5. The zero-order valence-electron chi connectivity index (χ0n) is 14.8. The zero-order chi connectivity index (χ0) is 17.6. The maximum absolute atomic E-state index is 4.66. The van der Waals surface area contributed by atoms with E-state index in [1.165, 1.54) is 5.56 Å². The molecule has 2 N–H and O–H groups in total. The highest BCUT2D eigenvalue weighted by atomic mass is 15.2. The third kappa shape index (κ3) is 4.53. The predicted molar refractivity (Wildman–Crippen MR) is 103 cm³/mol. The molecule has 128 valence electrons. The second-order valence-electron chi connectivity index (χ2n) is 6.14. The first-order valence-electron chi connectivity index (χ1n) is 8.53. The minimum Gasteiger partial charge on any atom is -0.352 e. The van der Waals surface area contributed by atoms with E-state index in [4.69, 9.17) is 0 Å². The smallest absolute Gasteiger partial charge is 0.225 e. The molecule has 0 aliphatic rings. The zero-order valence-corrected chi connectivity index (χ0v) is 14.8. The number of hydrogen-bond donors (Lipinski definition) is 2. The van der Waals surface area contributed by atoms with Crippen LogP contribution in [0.1, 0.15) is 25.8 Å². The fraction of sp³-hybridized carbons (Fsp3) is 0.250. The van der Waals surface area contributed by atoms with Crippen LogP contribution in [-0.4, -0.2) is 21.0 Å². The Morgan fingerprint density at radius 1 is 1.00 bits per heavy atom. The van der Waals surface area contributed by atoms with Gasteiger partial charge < -0.3 is 10.6 Å². The number of pyridine rings is 1. The molecule has 0 spiro atoms. The number of aryl methyl sites for hydroxylation is 1. The highest BCUT2D eigenvalue weighted by Crippen LogP contribution is 2.23. The highest BCUT2D eigenvalue weighted by Gasteiger charge is 2.09. The quantitative estimate of drug-likeness (QED) is 0.678. The van der Waals surface area contributed by atoms with Gasteiger partial charge in [0.25, 0.3) is 0 Å². The third-order valence-corrected chi connectivity index (χ3v) is 4.01. The van der Waals surface area contributed by atoms with Crippen molar-refractivity contribution in [2.45, 2.75) is 33.2 Å². The summed E-state index contributed by atoms with van der Waals surface area (Å²) in [5, 5.41) is 6.73. The lowest BCUT2D eigenvalue weighted by atomic mass is 10.2. The number of benzene rings is 1. The van der Waals surface area contributed by atoms with E-state index in [-0.39, 0.29) is 0 Å². The van der Waals surface area contributed by atoms with Crippen LogP contribution in [0.15, 0.2) is 54.9 Å². The van der Waals surface area contributed by atoms with Crippen molar-refractivity contribution in [1.82, 2.24) is 15.0 Å². The van der Waals surface area contributed by atoms with E-state index in [9.17, 15) is 0 Å². The topological polar surface area (TPSA) is 62.7 Å². The van der Waals surface area contributed by atoms with Crippen molar-refractivity contribution in [3.63, 3.8) is 0 Å². The molecule has 1 aromatic carbocycles. The minimum absolute atomic E-state index is 0.305. The molecule has 0 aliphatic heterocycles. The van der Waals surface area contributed by atoms with Crippen LogP contribution in [0.25, 0.3) is 11.3 Å². The minimum atomic E-state index is 0.305. The Kier molecular flexibility index (Phi) is 5.23. The molecule has 0 fully saturated rings. The molecule has 0 unspecified atom stereocenters. The van der Waals surface area contributed by atoms with Gasteiger partial charge in [0.1, 0.15) is 5.82 Å². The van der Waals surface area contributed by atoms with E-state index in [2.05, 4.69) is 58.5 Å². The molecule has 2 aromatic heterocycles. The standard InChI is InChI=1S/C20H23N5/c1-4-15(3)22-20-24-18(16-9-11-21-12-10-16)13-19(25-20)23-17-7-5-14(2)6-8-17/h5-13,15H,4H2,1-3H3,(H2,22,23,24,25)/t15-/m0/s1. The molecule has 0 saturated carbocycles. The van der Waals surface area contributed by atoms with Crippen LogP contribution >= 0.6 is 0 Å². The summed E-state index contributed by atoms with van der Waals surface area (Å²) in [5.74, 6) is 1.38. The summed E-state index contributed by atoms with van der Waals surface area (Å²) in [5.41, 5.74) is 4.10. The molecule has 25 heavy (non-hydrogen) atoms. The summed E-state index contributed by atoms with van der Waals surface area (Å²) in [7, 11) is 0. The first kappa shape index (κ1) is 16.9.